The first-order chi connectivity index (χ1) is 6.77. The Hall–Kier alpha value is -1.01. The predicted octanol–water partition coefficient (Wildman–Crippen LogP) is 0.597. The summed E-state index contributed by atoms with van der Waals surface area (Å²) in [5.74, 6) is 3.16. The fourth-order valence-corrected chi connectivity index (χ4v) is 1.82. The van der Waals surface area contributed by atoms with Crippen molar-refractivity contribution in [3.63, 3.8) is 0 Å². The monoisotopic (exact) mass is 194 g/mol. The Kier molecular flexibility index (Phi) is 4.48. The first-order valence-corrected chi connectivity index (χ1v) is 5.19. The number of rotatable bonds is 3. The van der Waals surface area contributed by atoms with Crippen molar-refractivity contribution >= 4 is 5.91 Å². The van der Waals surface area contributed by atoms with Crippen LogP contribution in [0.25, 0.3) is 0 Å². The predicted molar refractivity (Wildman–Crippen MR) is 56.4 cm³/mol. The summed E-state index contributed by atoms with van der Waals surface area (Å²) < 4.78 is 0. The van der Waals surface area contributed by atoms with Gasteiger partial charge in [-0.15, -0.1) is 12.3 Å². The van der Waals surface area contributed by atoms with E-state index in [1.165, 1.54) is 0 Å². The SMILES string of the molecule is C#CCCC(=O)N1CCCC(CN)C1. The number of piperidine rings is 1. The second-order valence-electron chi connectivity index (χ2n) is 3.79. The number of amides is 1. The molecular weight excluding hydrogens is 176 g/mol. The van der Waals surface area contributed by atoms with Crippen molar-refractivity contribution < 1.29 is 4.79 Å². The van der Waals surface area contributed by atoms with E-state index in [0.29, 0.717) is 25.3 Å². The Labute approximate surface area is 85.6 Å². The van der Waals surface area contributed by atoms with Gasteiger partial charge in [0.15, 0.2) is 0 Å². The summed E-state index contributed by atoms with van der Waals surface area (Å²) in [5.41, 5.74) is 5.60. The molecule has 1 rings (SSSR count). The van der Waals surface area contributed by atoms with Crippen LogP contribution in [-0.2, 0) is 4.79 Å². The fraction of sp³-hybridized carbons (Fsp3) is 0.727. The molecule has 0 saturated carbocycles. The summed E-state index contributed by atoms with van der Waals surface area (Å²) in [6, 6.07) is 0. The van der Waals surface area contributed by atoms with Crippen molar-refractivity contribution in [2.45, 2.75) is 25.7 Å². The molecule has 1 atom stereocenters. The zero-order valence-corrected chi connectivity index (χ0v) is 8.54. The van der Waals surface area contributed by atoms with Crippen LogP contribution in [0.15, 0.2) is 0 Å². The van der Waals surface area contributed by atoms with Gasteiger partial charge in [0, 0.05) is 25.9 Å². The molecule has 0 spiro atoms. The van der Waals surface area contributed by atoms with Gasteiger partial charge < -0.3 is 10.6 Å². The number of carbonyl (C=O) groups excluding carboxylic acids is 1. The molecule has 1 heterocycles. The lowest BCUT2D eigenvalue weighted by atomic mass is 9.98. The molecule has 3 nitrogen and oxygen atoms in total. The third-order valence-corrected chi connectivity index (χ3v) is 2.69. The average molecular weight is 194 g/mol. The van der Waals surface area contributed by atoms with E-state index in [-0.39, 0.29) is 5.91 Å². The number of nitrogens with two attached hydrogens (primary N) is 1. The van der Waals surface area contributed by atoms with E-state index in [0.717, 1.165) is 25.9 Å². The summed E-state index contributed by atoms with van der Waals surface area (Å²) in [5, 5.41) is 0. The van der Waals surface area contributed by atoms with E-state index in [4.69, 9.17) is 12.2 Å². The smallest absolute Gasteiger partial charge is 0.223 e. The number of hydrogen-bond acceptors (Lipinski definition) is 2. The summed E-state index contributed by atoms with van der Waals surface area (Å²) in [6.45, 7) is 2.37. The largest absolute Gasteiger partial charge is 0.342 e. The van der Waals surface area contributed by atoms with Crippen LogP contribution < -0.4 is 5.73 Å². The van der Waals surface area contributed by atoms with Crippen molar-refractivity contribution in [3.05, 3.63) is 0 Å². The summed E-state index contributed by atoms with van der Waals surface area (Å²) in [7, 11) is 0. The molecule has 1 aliphatic rings. The first-order valence-electron chi connectivity index (χ1n) is 5.19. The Balaban J connectivity index is 2.36. The molecule has 0 aromatic rings. The van der Waals surface area contributed by atoms with Crippen LogP contribution in [0.2, 0.25) is 0 Å². The molecule has 1 aliphatic heterocycles. The van der Waals surface area contributed by atoms with Crippen LogP contribution in [-0.4, -0.2) is 30.4 Å². The lowest BCUT2D eigenvalue weighted by Crippen LogP contribution is -2.41. The van der Waals surface area contributed by atoms with E-state index < -0.39 is 0 Å². The molecule has 78 valence electrons. The summed E-state index contributed by atoms with van der Waals surface area (Å²) in [6.07, 6.45) is 8.36. The number of terminal acetylenes is 1. The van der Waals surface area contributed by atoms with Gasteiger partial charge in [0.1, 0.15) is 0 Å². The van der Waals surface area contributed by atoms with Crippen molar-refractivity contribution in [1.82, 2.24) is 4.90 Å². The minimum atomic E-state index is 0.182. The first kappa shape index (κ1) is 11.1. The highest BCUT2D eigenvalue weighted by atomic mass is 16.2. The number of hydrogen-bond donors (Lipinski definition) is 1. The number of carbonyl (C=O) groups is 1. The van der Waals surface area contributed by atoms with E-state index in [2.05, 4.69) is 5.92 Å². The van der Waals surface area contributed by atoms with Gasteiger partial charge in [-0.2, -0.15) is 0 Å². The van der Waals surface area contributed by atoms with Gasteiger partial charge in [0.05, 0.1) is 0 Å². The summed E-state index contributed by atoms with van der Waals surface area (Å²) in [4.78, 5) is 13.5. The Bertz CT molecular complexity index is 232. The van der Waals surface area contributed by atoms with E-state index in [9.17, 15) is 4.79 Å². The normalized spacial score (nSPS) is 21.7. The Morgan fingerprint density at radius 2 is 2.43 bits per heavy atom. The third-order valence-electron chi connectivity index (χ3n) is 2.69. The molecule has 1 unspecified atom stereocenters. The molecule has 1 amide bonds. The lowest BCUT2D eigenvalue weighted by Gasteiger charge is -2.32. The van der Waals surface area contributed by atoms with Gasteiger partial charge in [-0.3, -0.25) is 4.79 Å². The quantitative estimate of drug-likeness (QED) is 0.669. The van der Waals surface area contributed by atoms with Crippen LogP contribution in [0.4, 0.5) is 0 Å². The highest BCUT2D eigenvalue weighted by Gasteiger charge is 2.21. The maximum atomic E-state index is 11.6. The number of nitrogens with zero attached hydrogens (tertiary/aromatic N) is 1. The van der Waals surface area contributed by atoms with Crippen LogP contribution >= 0.6 is 0 Å². The highest BCUT2D eigenvalue weighted by molar-refractivity contribution is 5.76. The minimum Gasteiger partial charge on any atom is -0.342 e. The van der Waals surface area contributed by atoms with Gasteiger partial charge in [-0.05, 0) is 25.3 Å². The second-order valence-corrected chi connectivity index (χ2v) is 3.79. The fourth-order valence-electron chi connectivity index (χ4n) is 1.82. The maximum absolute atomic E-state index is 11.6. The molecule has 3 heteroatoms. The number of likely N-dealkylation sites (tertiary alicyclic amines) is 1. The van der Waals surface area contributed by atoms with E-state index in [1.807, 2.05) is 4.90 Å². The van der Waals surface area contributed by atoms with Gasteiger partial charge in [-0.25, -0.2) is 0 Å². The molecule has 14 heavy (non-hydrogen) atoms. The average Bonchev–Trinajstić information content (AvgIpc) is 2.26. The summed E-state index contributed by atoms with van der Waals surface area (Å²) >= 11 is 0. The molecular formula is C11H18N2O. The van der Waals surface area contributed by atoms with Crippen molar-refractivity contribution in [2.75, 3.05) is 19.6 Å². The van der Waals surface area contributed by atoms with Crippen molar-refractivity contribution in [3.8, 4) is 12.3 Å². The topological polar surface area (TPSA) is 46.3 Å². The van der Waals surface area contributed by atoms with Gasteiger partial charge in [-0.1, -0.05) is 0 Å². The second kappa shape index (κ2) is 5.66. The van der Waals surface area contributed by atoms with Crippen LogP contribution in [0.3, 0.4) is 0 Å². The molecule has 0 radical (unpaired) electrons. The molecule has 0 bridgehead atoms. The zero-order chi connectivity index (χ0) is 10.4. The lowest BCUT2D eigenvalue weighted by molar-refractivity contribution is -0.132. The molecule has 0 aromatic carbocycles. The van der Waals surface area contributed by atoms with Gasteiger partial charge in [0.25, 0.3) is 0 Å². The molecule has 2 N–H and O–H groups in total. The van der Waals surface area contributed by atoms with Crippen molar-refractivity contribution in [1.29, 1.82) is 0 Å². The van der Waals surface area contributed by atoms with Crippen LogP contribution in [0, 0.1) is 18.3 Å². The Morgan fingerprint density at radius 3 is 3.07 bits per heavy atom. The van der Waals surface area contributed by atoms with Gasteiger partial charge in [0.2, 0.25) is 5.91 Å². The maximum Gasteiger partial charge on any atom is 0.223 e. The third kappa shape index (κ3) is 3.04. The van der Waals surface area contributed by atoms with Crippen molar-refractivity contribution in [2.24, 2.45) is 11.7 Å². The zero-order valence-electron chi connectivity index (χ0n) is 8.54. The highest BCUT2D eigenvalue weighted by Crippen LogP contribution is 2.16. The Morgan fingerprint density at radius 1 is 1.64 bits per heavy atom. The van der Waals surface area contributed by atoms with Gasteiger partial charge >= 0.3 is 0 Å². The molecule has 1 fully saturated rings. The van der Waals surface area contributed by atoms with Crippen LogP contribution in [0.5, 0.6) is 0 Å². The standard InChI is InChI=1S/C11H18N2O/c1-2-3-6-11(14)13-7-4-5-10(8-12)9-13/h1,10H,3-9,12H2. The van der Waals surface area contributed by atoms with E-state index in [1.54, 1.807) is 0 Å². The molecule has 1 saturated heterocycles. The van der Waals surface area contributed by atoms with E-state index >= 15 is 0 Å². The minimum absolute atomic E-state index is 0.182. The van der Waals surface area contributed by atoms with Crippen LogP contribution in [0.1, 0.15) is 25.7 Å². The molecule has 0 aromatic heterocycles. The molecule has 0 aliphatic carbocycles.